The lowest BCUT2D eigenvalue weighted by Gasteiger charge is -2.19. The zero-order chi connectivity index (χ0) is 19.6. The second kappa shape index (κ2) is 17.3. The summed E-state index contributed by atoms with van der Waals surface area (Å²) in [5.74, 6) is -0.106. The highest BCUT2D eigenvalue weighted by molar-refractivity contribution is 5.77. The smallest absolute Gasteiger partial charge is 0.305 e. The van der Waals surface area contributed by atoms with Gasteiger partial charge in [-0.1, -0.05) is 71.1 Å². The van der Waals surface area contributed by atoms with Crippen LogP contribution in [0.3, 0.4) is 0 Å². The van der Waals surface area contributed by atoms with Gasteiger partial charge in [0, 0.05) is 13.5 Å². The Hall–Kier alpha value is -1.10. The van der Waals surface area contributed by atoms with Crippen LogP contribution < -0.4 is 0 Å². The van der Waals surface area contributed by atoms with Crippen LogP contribution in [0.1, 0.15) is 84.0 Å². The van der Waals surface area contributed by atoms with Gasteiger partial charge in [-0.15, -0.1) is 0 Å². The molecule has 0 heterocycles. The predicted octanol–water partition coefficient (Wildman–Crippen LogP) is 4.25. The Balaban J connectivity index is 3.40. The molecule has 0 rings (SSSR count). The number of rotatable bonds is 17. The average molecular weight is 371 g/mol. The molecule has 0 aliphatic carbocycles. The first-order chi connectivity index (χ1) is 12.5. The predicted molar refractivity (Wildman–Crippen MR) is 108 cm³/mol. The number of carbonyl (C=O) groups is 2. The summed E-state index contributed by atoms with van der Waals surface area (Å²) in [6, 6.07) is 0. The fourth-order valence-corrected chi connectivity index (χ4v) is 2.82. The van der Waals surface area contributed by atoms with Crippen molar-refractivity contribution >= 4 is 11.9 Å². The minimum atomic E-state index is -0.144. The number of nitrogens with zero attached hydrogens (tertiary/aromatic N) is 2. The van der Waals surface area contributed by atoms with Gasteiger partial charge in [-0.25, -0.2) is 0 Å². The first kappa shape index (κ1) is 24.9. The third-order valence-electron chi connectivity index (χ3n) is 4.55. The molecular formula is C21H42N2O3. The van der Waals surface area contributed by atoms with Crippen molar-refractivity contribution in [3.05, 3.63) is 0 Å². The molecule has 5 heteroatoms. The third-order valence-corrected chi connectivity index (χ3v) is 4.55. The number of carbonyl (C=O) groups excluding carboxylic acids is 2. The lowest BCUT2D eigenvalue weighted by Crippen LogP contribution is -2.37. The lowest BCUT2D eigenvalue weighted by molar-refractivity contribution is -0.145. The van der Waals surface area contributed by atoms with Crippen LogP contribution in [0.5, 0.6) is 0 Å². The number of esters is 1. The van der Waals surface area contributed by atoms with E-state index in [-0.39, 0.29) is 18.5 Å². The number of hydrogen-bond donors (Lipinski definition) is 0. The fraction of sp³-hybridized carbons (Fsp3) is 0.905. The molecule has 0 bridgehead atoms. The van der Waals surface area contributed by atoms with Crippen LogP contribution in [0.2, 0.25) is 0 Å². The molecule has 0 fully saturated rings. The summed E-state index contributed by atoms with van der Waals surface area (Å²) in [6.07, 6.45) is 14.5. The molecule has 154 valence electrons. The van der Waals surface area contributed by atoms with Crippen molar-refractivity contribution in [3.8, 4) is 0 Å². The lowest BCUT2D eigenvalue weighted by atomic mass is 10.1. The van der Waals surface area contributed by atoms with Crippen molar-refractivity contribution in [2.45, 2.75) is 84.0 Å². The van der Waals surface area contributed by atoms with Crippen LogP contribution in [0.15, 0.2) is 0 Å². The molecule has 0 aromatic carbocycles. The van der Waals surface area contributed by atoms with E-state index >= 15 is 0 Å². The monoisotopic (exact) mass is 370 g/mol. The minimum absolute atomic E-state index is 0.0383. The van der Waals surface area contributed by atoms with Gasteiger partial charge in [-0.2, -0.15) is 0 Å². The number of ether oxygens (including phenoxy) is 1. The van der Waals surface area contributed by atoms with Gasteiger partial charge in [0.15, 0.2) is 0 Å². The van der Waals surface area contributed by atoms with Gasteiger partial charge < -0.3 is 14.5 Å². The second-order valence-electron chi connectivity index (χ2n) is 7.56. The van der Waals surface area contributed by atoms with E-state index in [1.165, 1.54) is 57.8 Å². The van der Waals surface area contributed by atoms with Crippen LogP contribution in [0.25, 0.3) is 0 Å². The summed E-state index contributed by atoms with van der Waals surface area (Å²) >= 11 is 0. The van der Waals surface area contributed by atoms with Crippen molar-refractivity contribution < 1.29 is 14.3 Å². The maximum atomic E-state index is 11.8. The number of hydrogen-bond acceptors (Lipinski definition) is 4. The number of likely N-dealkylation sites (N-methyl/N-ethyl adjacent to an activating group) is 2. The van der Waals surface area contributed by atoms with E-state index < -0.39 is 0 Å². The highest BCUT2D eigenvalue weighted by atomic mass is 16.5. The first-order valence-electron chi connectivity index (χ1n) is 10.5. The highest BCUT2D eigenvalue weighted by Crippen LogP contribution is 2.12. The van der Waals surface area contributed by atoms with E-state index in [2.05, 4.69) is 6.92 Å². The Bertz CT molecular complexity index is 359. The molecule has 0 aromatic rings. The summed E-state index contributed by atoms with van der Waals surface area (Å²) < 4.78 is 5.21. The van der Waals surface area contributed by atoms with Crippen LogP contribution in [-0.4, -0.2) is 62.5 Å². The minimum Gasteiger partial charge on any atom is -0.464 e. The molecule has 1 amide bonds. The van der Waals surface area contributed by atoms with Gasteiger partial charge in [0.05, 0.1) is 13.1 Å². The SMILES string of the molecule is CCCCCCCCCCCCCC(=O)OCCN(C)C(=O)CN(C)C. The van der Waals surface area contributed by atoms with Gasteiger partial charge in [0.2, 0.25) is 5.91 Å². The molecule has 0 saturated heterocycles. The third kappa shape index (κ3) is 16.4. The zero-order valence-corrected chi connectivity index (χ0v) is 17.7. The standard InChI is InChI=1S/C21H42N2O3/c1-5-6-7-8-9-10-11-12-13-14-15-16-21(25)26-18-17-23(4)20(24)19-22(2)3/h5-19H2,1-4H3. The molecule has 0 aliphatic heterocycles. The van der Waals surface area contributed by atoms with Crippen LogP contribution >= 0.6 is 0 Å². The summed E-state index contributed by atoms with van der Waals surface area (Å²) in [5, 5.41) is 0. The summed E-state index contributed by atoms with van der Waals surface area (Å²) in [4.78, 5) is 26.9. The van der Waals surface area contributed by atoms with Crippen LogP contribution in [0, 0.1) is 0 Å². The molecule has 0 unspecified atom stereocenters. The fourth-order valence-electron chi connectivity index (χ4n) is 2.82. The summed E-state index contributed by atoms with van der Waals surface area (Å²) in [7, 11) is 5.46. The van der Waals surface area contributed by atoms with E-state index in [1.807, 2.05) is 19.0 Å². The summed E-state index contributed by atoms with van der Waals surface area (Å²) in [5.41, 5.74) is 0. The topological polar surface area (TPSA) is 49.9 Å². The van der Waals surface area contributed by atoms with Crippen molar-refractivity contribution in [2.75, 3.05) is 40.8 Å². The maximum Gasteiger partial charge on any atom is 0.305 e. The molecule has 0 atom stereocenters. The Kier molecular flexibility index (Phi) is 16.6. The van der Waals surface area contributed by atoms with Gasteiger partial charge >= 0.3 is 5.97 Å². The van der Waals surface area contributed by atoms with Crippen molar-refractivity contribution in [2.24, 2.45) is 0 Å². The number of unbranched alkanes of at least 4 members (excludes halogenated alkanes) is 10. The van der Waals surface area contributed by atoms with Crippen molar-refractivity contribution in [1.82, 2.24) is 9.80 Å². The molecule has 0 aromatic heterocycles. The highest BCUT2D eigenvalue weighted by Gasteiger charge is 2.10. The zero-order valence-electron chi connectivity index (χ0n) is 17.7. The summed E-state index contributed by atoms with van der Waals surface area (Å²) in [6.45, 7) is 3.37. The van der Waals surface area contributed by atoms with Gasteiger partial charge in [0.1, 0.15) is 6.61 Å². The molecular weight excluding hydrogens is 328 g/mol. The Morgan fingerprint density at radius 1 is 0.769 bits per heavy atom. The molecule has 0 N–H and O–H groups in total. The number of amides is 1. The van der Waals surface area contributed by atoms with E-state index in [0.29, 0.717) is 19.5 Å². The second-order valence-corrected chi connectivity index (χ2v) is 7.56. The van der Waals surface area contributed by atoms with E-state index in [9.17, 15) is 9.59 Å². The van der Waals surface area contributed by atoms with E-state index in [1.54, 1.807) is 11.9 Å². The molecule has 26 heavy (non-hydrogen) atoms. The van der Waals surface area contributed by atoms with Crippen molar-refractivity contribution in [1.29, 1.82) is 0 Å². The molecule has 0 spiro atoms. The van der Waals surface area contributed by atoms with Crippen LogP contribution in [0.4, 0.5) is 0 Å². The maximum absolute atomic E-state index is 11.8. The molecule has 0 saturated carbocycles. The van der Waals surface area contributed by atoms with Crippen molar-refractivity contribution in [3.63, 3.8) is 0 Å². The van der Waals surface area contributed by atoms with Gasteiger partial charge in [-0.3, -0.25) is 9.59 Å². The van der Waals surface area contributed by atoms with Crippen LogP contribution in [-0.2, 0) is 14.3 Å². The molecule has 0 radical (unpaired) electrons. The van der Waals surface area contributed by atoms with E-state index in [0.717, 1.165) is 12.8 Å². The quantitative estimate of drug-likeness (QED) is 0.284. The largest absolute Gasteiger partial charge is 0.464 e. The van der Waals surface area contributed by atoms with Gasteiger partial charge in [0.25, 0.3) is 0 Å². The average Bonchev–Trinajstić information content (AvgIpc) is 2.59. The molecule has 5 nitrogen and oxygen atoms in total. The Labute approximate surface area is 161 Å². The normalized spacial score (nSPS) is 11.0. The molecule has 0 aliphatic rings. The Morgan fingerprint density at radius 2 is 1.27 bits per heavy atom. The van der Waals surface area contributed by atoms with Gasteiger partial charge in [-0.05, 0) is 20.5 Å². The Morgan fingerprint density at radius 3 is 1.77 bits per heavy atom. The first-order valence-corrected chi connectivity index (χ1v) is 10.5. The van der Waals surface area contributed by atoms with E-state index in [4.69, 9.17) is 4.74 Å².